The molecule has 5 nitrogen and oxygen atoms in total. The van der Waals surface area contributed by atoms with Crippen molar-refractivity contribution >= 4 is 23.2 Å². The minimum Gasteiger partial charge on any atom is -0.356 e. The van der Waals surface area contributed by atoms with E-state index in [0.717, 1.165) is 30.8 Å². The van der Waals surface area contributed by atoms with Crippen molar-refractivity contribution in [2.45, 2.75) is 32.1 Å². The van der Waals surface area contributed by atoms with Crippen LogP contribution in [0.5, 0.6) is 0 Å². The van der Waals surface area contributed by atoms with Gasteiger partial charge in [0.25, 0.3) is 5.91 Å². The Labute approximate surface area is 135 Å². The minimum atomic E-state index is -0.0350. The highest BCUT2D eigenvalue weighted by Gasteiger charge is 2.14. The molecule has 122 valence electrons. The van der Waals surface area contributed by atoms with E-state index in [1.165, 1.54) is 24.2 Å². The van der Waals surface area contributed by atoms with E-state index < -0.39 is 0 Å². The van der Waals surface area contributed by atoms with E-state index in [0.29, 0.717) is 25.4 Å². The highest BCUT2D eigenvalue weighted by molar-refractivity contribution is 7.12. The predicted molar refractivity (Wildman–Crippen MR) is 89.1 cm³/mol. The average molecular weight is 323 g/mol. The Morgan fingerprint density at radius 2 is 2.00 bits per heavy atom. The molecule has 2 heterocycles. The van der Waals surface area contributed by atoms with Crippen LogP contribution in [-0.4, -0.2) is 38.0 Å². The van der Waals surface area contributed by atoms with Crippen LogP contribution >= 0.6 is 11.3 Å². The van der Waals surface area contributed by atoms with Crippen LogP contribution in [0.25, 0.3) is 0 Å². The smallest absolute Gasteiger partial charge is 0.261 e. The van der Waals surface area contributed by atoms with Gasteiger partial charge in [-0.1, -0.05) is 6.07 Å². The fraction of sp³-hybridized carbons (Fsp3) is 0.625. The second-order valence-electron chi connectivity index (χ2n) is 5.67. The van der Waals surface area contributed by atoms with Gasteiger partial charge in [-0.25, -0.2) is 0 Å². The summed E-state index contributed by atoms with van der Waals surface area (Å²) in [5.74, 6) is 0.785. The monoisotopic (exact) mass is 323 g/mol. The molecular weight excluding hydrogens is 298 g/mol. The van der Waals surface area contributed by atoms with Crippen molar-refractivity contribution in [2.24, 2.45) is 5.92 Å². The van der Waals surface area contributed by atoms with Gasteiger partial charge in [-0.15, -0.1) is 11.3 Å². The van der Waals surface area contributed by atoms with Crippen LogP contribution in [0.1, 0.15) is 41.8 Å². The lowest BCUT2D eigenvalue weighted by Crippen LogP contribution is -2.31. The van der Waals surface area contributed by atoms with Crippen LogP contribution in [0.3, 0.4) is 0 Å². The van der Waals surface area contributed by atoms with Gasteiger partial charge in [0.2, 0.25) is 5.91 Å². The Balaban J connectivity index is 1.47. The zero-order valence-electron chi connectivity index (χ0n) is 12.9. The maximum absolute atomic E-state index is 11.8. The first kappa shape index (κ1) is 17.0. The third kappa shape index (κ3) is 6.15. The van der Waals surface area contributed by atoms with Gasteiger partial charge < -0.3 is 16.0 Å². The van der Waals surface area contributed by atoms with Crippen molar-refractivity contribution in [1.82, 2.24) is 16.0 Å². The van der Waals surface area contributed by atoms with Crippen molar-refractivity contribution in [3.63, 3.8) is 0 Å². The average Bonchev–Trinajstić information content (AvgIpc) is 3.08. The number of carbonyl (C=O) groups is 2. The Hall–Kier alpha value is -1.40. The van der Waals surface area contributed by atoms with E-state index >= 15 is 0 Å². The van der Waals surface area contributed by atoms with E-state index in [-0.39, 0.29) is 11.8 Å². The highest BCUT2D eigenvalue weighted by atomic mass is 32.1. The van der Waals surface area contributed by atoms with Crippen LogP contribution in [-0.2, 0) is 4.79 Å². The van der Waals surface area contributed by atoms with Crippen LogP contribution in [0.4, 0.5) is 0 Å². The normalized spacial score (nSPS) is 15.5. The Kier molecular flexibility index (Phi) is 7.39. The molecule has 6 heteroatoms. The molecule has 0 spiro atoms. The summed E-state index contributed by atoms with van der Waals surface area (Å²) in [5.41, 5.74) is 0. The van der Waals surface area contributed by atoms with Gasteiger partial charge in [0.15, 0.2) is 0 Å². The Morgan fingerprint density at radius 1 is 1.23 bits per heavy atom. The number of carbonyl (C=O) groups excluding carboxylic acids is 2. The topological polar surface area (TPSA) is 70.2 Å². The lowest BCUT2D eigenvalue weighted by atomic mass is 9.93. The first-order valence-electron chi connectivity index (χ1n) is 8.05. The van der Waals surface area contributed by atoms with Gasteiger partial charge in [0.1, 0.15) is 0 Å². The number of amides is 2. The molecule has 0 unspecified atom stereocenters. The molecule has 1 aromatic heterocycles. The summed E-state index contributed by atoms with van der Waals surface area (Å²) in [6.45, 7) is 3.37. The van der Waals surface area contributed by atoms with Gasteiger partial charge in [-0.2, -0.15) is 0 Å². The van der Waals surface area contributed by atoms with Crippen LogP contribution < -0.4 is 16.0 Å². The second-order valence-corrected chi connectivity index (χ2v) is 6.62. The summed E-state index contributed by atoms with van der Waals surface area (Å²) in [6.07, 6.45) is 4.73. The van der Waals surface area contributed by atoms with E-state index in [9.17, 15) is 9.59 Å². The standard InChI is InChI=1S/C16H25N3O2S/c20-15(5-4-13-6-10-17-11-7-13)18-8-2-9-19-16(21)14-3-1-12-22-14/h1,3,12-13,17H,2,4-11H2,(H,18,20)(H,19,21). The lowest BCUT2D eigenvalue weighted by Gasteiger charge is -2.22. The predicted octanol–water partition coefficient (Wildman–Crippen LogP) is 1.76. The molecule has 2 rings (SSSR count). The van der Waals surface area contributed by atoms with Crippen LogP contribution in [0.15, 0.2) is 17.5 Å². The highest BCUT2D eigenvalue weighted by Crippen LogP contribution is 2.17. The van der Waals surface area contributed by atoms with E-state index in [1.807, 2.05) is 17.5 Å². The zero-order chi connectivity index (χ0) is 15.6. The number of rotatable bonds is 8. The van der Waals surface area contributed by atoms with Gasteiger partial charge in [-0.3, -0.25) is 9.59 Å². The third-order valence-electron chi connectivity index (χ3n) is 3.94. The molecule has 0 aromatic carbocycles. The Bertz CT molecular complexity index is 456. The fourth-order valence-corrected chi connectivity index (χ4v) is 3.25. The molecule has 0 bridgehead atoms. The summed E-state index contributed by atoms with van der Waals surface area (Å²) < 4.78 is 0. The number of hydrogen-bond acceptors (Lipinski definition) is 4. The first-order chi connectivity index (χ1) is 10.8. The number of hydrogen-bond donors (Lipinski definition) is 3. The SMILES string of the molecule is O=C(CCC1CCNCC1)NCCCNC(=O)c1cccs1. The zero-order valence-corrected chi connectivity index (χ0v) is 13.7. The van der Waals surface area contributed by atoms with Crippen molar-refractivity contribution in [1.29, 1.82) is 0 Å². The molecule has 1 aliphatic rings. The molecule has 2 amide bonds. The molecule has 0 saturated carbocycles. The summed E-state index contributed by atoms with van der Waals surface area (Å²) in [6, 6.07) is 3.67. The molecule has 1 aromatic rings. The van der Waals surface area contributed by atoms with Gasteiger partial charge in [-0.05, 0) is 56.1 Å². The molecular formula is C16H25N3O2S. The number of piperidine rings is 1. The van der Waals surface area contributed by atoms with Crippen molar-refractivity contribution < 1.29 is 9.59 Å². The molecule has 0 atom stereocenters. The van der Waals surface area contributed by atoms with Crippen molar-refractivity contribution in [3.05, 3.63) is 22.4 Å². The lowest BCUT2D eigenvalue weighted by molar-refractivity contribution is -0.121. The number of thiophene rings is 1. The van der Waals surface area contributed by atoms with E-state index in [1.54, 1.807) is 0 Å². The van der Waals surface area contributed by atoms with Gasteiger partial charge in [0.05, 0.1) is 4.88 Å². The van der Waals surface area contributed by atoms with Crippen LogP contribution in [0.2, 0.25) is 0 Å². The Morgan fingerprint density at radius 3 is 2.73 bits per heavy atom. The van der Waals surface area contributed by atoms with E-state index in [4.69, 9.17) is 0 Å². The van der Waals surface area contributed by atoms with Crippen LogP contribution in [0, 0.1) is 5.92 Å². The summed E-state index contributed by atoms with van der Waals surface area (Å²) in [5, 5.41) is 11.0. The maximum Gasteiger partial charge on any atom is 0.261 e. The summed E-state index contributed by atoms with van der Waals surface area (Å²) >= 11 is 1.43. The molecule has 0 radical (unpaired) electrons. The second kappa shape index (κ2) is 9.58. The summed E-state index contributed by atoms with van der Waals surface area (Å²) in [4.78, 5) is 24.2. The summed E-state index contributed by atoms with van der Waals surface area (Å²) in [7, 11) is 0. The van der Waals surface area contributed by atoms with Gasteiger partial charge in [0, 0.05) is 19.5 Å². The molecule has 22 heavy (non-hydrogen) atoms. The van der Waals surface area contributed by atoms with E-state index in [2.05, 4.69) is 16.0 Å². The largest absolute Gasteiger partial charge is 0.356 e. The molecule has 1 saturated heterocycles. The fourth-order valence-electron chi connectivity index (χ4n) is 2.61. The molecule has 3 N–H and O–H groups in total. The van der Waals surface area contributed by atoms with Crippen molar-refractivity contribution in [3.8, 4) is 0 Å². The third-order valence-corrected chi connectivity index (χ3v) is 4.81. The van der Waals surface area contributed by atoms with Crippen molar-refractivity contribution in [2.75, 3.05) is 26.2 Å². The maximum atomic E-state index is 11.8. The molecule has 0 aliphatic carbocycles. The number of nitrogens with one attached hydrogen (secondary N) is 3. The first-order valence-corrected chi connectivity index (χ1v) is 8.93. The van der Waals surface area contributed by atoms with Gasteiger partial charge >= 0.3 is 0 Å². The molecule has 1 aliphatic heterocycles. The minimum absolute atomic E-state index is 0.0350. The molecule has 1 fully saturated rings. The quantitative estimate of drug-likeness (QED) is 0.639.